The smallest absolute Gasteiger partial charge is 0.278 e. The number of benzene rings is 1. The molecule has 1 atom stereocenters. The number of carbonyl (C=O) groups excluding carboxylic acids is 1. The average Bonchev–Trinajstić information content (AvgIpc) is 3.09. The van der Waals surface area contributed by atoms with E-state index in [0.717, 1.165) is 25.2 Å². The molecule has 1 fully saturated rings. The molecule has 6 nitrogen and oxygen atoms in total. The molecule has 1 aliphatic heterocycles. The van der Waals surface area contributed by atoms with Gasteiger partial charge in [0.05, 0.1) is 5.69 Å². The van der Waals surface area contributed by atoms with Crippen LogP contribution in [0, 0.1) is 6.92 Å². The van der Waals surface area contributed by atoms with Crippen LogP contribution in [0.15, 0.2) is 41.2 Å². The van der Waals surface area contributed by atoms with Gasteiger partial charge in [0.2, 0.25) is 5.43 Å². The molecule has 0 radical (unpaired) electrons. The highest BCUT2D eigenvalue weighted by molar-refractivity contribution is 5.92. The lowest BCUT2D eigenvalue weighted by Crippen LogP contribution is -2.41. The zero-order valence-electron chi connectivity index (χ0n) is 13.7. The van der Waals surface area contributed by atoms with Crippen LogP contribution in [0.2, 0.25) is 0 Å². The van der Waals surface area contributed by atoms with Gasteiger partial charge in [0.15, 0.2) is 5.69 Å². The van der Waals surface area contributed by atoms with E-state index in [9.17, 15) is 9.59 Å². The highest BCUT2D eigenvalue weighted by Gasteiger charge is 2.27. The van der Waals surface area contributed by atoms with Crippen LogP contribution in [-0.2, 0) is 0 Å². The Morgan fingerprint density at radius 3 is 2.67 bits per heavy atom. The zero-order valence-corrected chi connectivity index (χ0v) is 14.5. The fourth-order valence-corrected chi connectivity index (χ4v) is 2.83. The number of hydrogen-bond donors (Lipinski definition) is 1. The maximum atomic E-state index is 12.7. The Morgan fingerprint density at radius 2 is 2.04 bits per heavy atom. The third kappa shape index (κ3) is 3.49. The minimum Gasteiger partial charge on any atom is -0.336 e. The molecule has 128 valence electrons. The molecule has 24 heavy (non-hydrogen) atoms. The second-order valence-electron chi connectivity index (χ2n) is 5.81. The molecule has 1 aromatic carbocycles. The van der Waals surface area contributed by atoms with Crippen LogP contribution in [0.4, 0.5) is 0 Å². The molecule has 1 aromatic heterocycles. The summed E-state index contributed by atoms with van der Waals surface area (Å²) in [5.74, 6) is -0.326. The van der Waals surface area contributed by atoms with E-state index in [1.54, 1.807) is 23.6 Å². The second-order valence-corrected chi connectivity index (χ2v) is 5.81. The first-order valence-corrected chi connectivity index (χ1v) is 7.72. The minimum absolute atomic E-state index is 0. The number of carbonyl (C=O) groups is 1. The zero-order chi connectivity index (χ0) is 16.4. The lowest BCUT2D eigenvalue weighted by molar-refractivity contribution is 0.0734. The van der Waals surface area contributed by atoms with E-state index in [-0.39, 0.29) is 35.5 Å². The van der Waals surface area contributed by atoms with Gasteiger partial charge in [-0.25, -0.2) is 4.68 Å². The van der Waals surface area contributed by atoms with Gasteiger partial charge in [0, 0.05) is 31.4 Å². The van der Waals surface area contributed by atoms with Gasteiger partial charge in [-0.05, 0) is 32.0 Å². The third-order valence-corrected chi connectivity index (χ3v) is 4.21. The van der Waals surface area contributed by atoms with Crippen molar-refractivity contribution in [3.63, 3.8) is 0 Å². The quantitative estimate of drug-likeness (QED) is 0.910. The maximum absolute atomic E-state index is 12.7. The van der Waals surface area contributed by atoms with Crippen LogP contribution in [0.1, 0.15) is 22.6 Å². The van der Waals surface area contributed by atoms with Crippen molar-refractivity contribution >= 4 is 18.3 Å². The number of para-hydroxylation sites is 1. The Kier molecular flexibility index (Phi) is 5.75. The SMILES string of the molecule is Cc1cc(=O)c(C(=O)N(C)C2CCNC2)nn1-c1ccccc1.Cl. The van der Waals surface area contributed by atoms with E-state index in [1.807, 2.05) is 30.3 Å². The molecular formula is C17H21ClN4O2. The summed E-state index contributed by atoms with van der Waals surface area (Å²) < 4.78 is 1.63. The Labute approximate surface area is 146 Å². The number of nitrogens with one attached hydrogen (secondary N) is 1. The number of amides is 1. The Morgan fingerprint density at radius 1 is 1.33 bits per heavy atom. The summed E-state index contributed by atoms with van der Waals surface area (Å²) in [6, 6.07) is 11.1. The number of nitrogens with zero attached hydrogens (tertiary/aromatic N) is 3. The van der Waals surface area contributed by atoms with Crippen molar-refractivity contribution in [1.29, 1.82) is 0 Å². The summed E-state index contributed by atoms with van der Waals surface area (Å²) in [7, 11) is 1.73. The topological polar surface area (TPSA) is 67.2 Å². The van der Waals surface area contributed by atoms with Gasteiger partial charge in [0.1, 0.15) is 0 Å². The van der Waals surface area contributed by atoms with Crippen molar-refractivity contribution in [3.8, 4) is 5.69 Å². The Balaban J connectivity index is 0.00000208. The van der Waals surface area contributed by atoms with Crippen molar-refractivity contribution in [1.82, 2.24) is 20.0 Å². The normalized spacial score (nSPS) is 16.5. The van der Waals surface area contributed by atoms with Gasteiger partial charge in [-0.1, -0.05) is 18.2 Å². The van der Waals surface area contributed by atoms with Crippen LogP contribution in [0.5, 0.6) is 0 Å². The number of likely N-dealkylation sites (N-methyl/N-ethyl adjacent to an activating group) is 1. The van der Waals surface area contributed by atoms with Gasteiger partial charge in [-0.2, -0.15) is 5.10 Å². The van der Waals surface area contributed by atoms with Gasteiger partial charge in [-0.15, -0.1) is 12.4 Å². The predicted molar refractivity (Wildman–Crippen MR) is 95.2 cm³/mol. The number of hydrogen-bond acceptors (Lipinski definition) is 4. The molecule has 1 aliphatic rings. The van der Waals surface area contributed by atoms with Crippen molar-refractivity contribution in [2.24, 2.45) is 0 Å². The van der Waals surface area contributed by atoms with E-state index >= 15 is 0 Å². The fourth-order valence-electron chi connectivity index (χ4n) is 2.83. The van der Waals surface area contributed by atoms with Crippen LogP contribution in [0.25, 0.3) is 5.69 Å². The lowest BCUT2D eigenvalue weighted by Gasteiger charge is -2.23. The first-order chi connectivity index (χ1) is 11.1. The second kappa shape index (κ2) is 7.59. The molecule has 2 heterocycles. The van der Waals surface area contributed by atoms with E-state index in [1.165, 1.54) is 6.07 Å². The predicted octanol–water partition coefficient (Wildman–Crippen LogP) is 1.40. The van der Waals surface area contributed by atoms with Crippen LogP contribution in [0.3, 0.4) is 0 Å². The van der Waals surface area contributed by atoms with E-state index < -0.39 is 0 Å². The standard InChI is InChI=1S/C17H20N4O2.ClH/c1-12-10-15(22)16(17(23)20(2)14-8-9-18-11-14)19-21(12)13-6-4-3-5-7-13;/h3-7,10,14,18H,8-9,11H2,1-2H3;1H. The number of aryl methyl sites for hydroxylation is 1. The monoisotopic (exact) mass is 348 g/mol. The Hall–Kier alpha value is -2.18. The summed E-state index contributed by atoms with van der Waals surface area (Å²) in [6.07, 6.45) is 0.890. The minimum atomic E-state index is -0.336. The summed E-state index contributed by atoms with van der Waals surface area (Å²) in [5.41, 5.74) is 1.15. The number of rotatable bonds is 3. The number of halogens is 1. The number of aromatic nitrogens is 2. The van der Waals surface area contributed by atoms with E-state index in [0.29, 0.717) is 5.69 Å². The van der Waals surface area contributed by atoms with Gasteiger partial charge < -0.3 is 10.2 Å². The molecule has 0 spiro atoms. The van der Waals surface area contributed by atoms with Gasteiger partial charge in [-0.3, -0.25) is 9.59 Å². The van der Waals surface area contributed by atoms with Gasteiger partial charge in [0.25, 0.3) is 5.91 Å². The third-order valence-electron chi connectivity index (χ3n) is 4.21. The summed E-state index contributed by atoms with van der Waals surface area (Å²) in [4.78, 5) is 26.5. The summed E-state index contributed by atoms with van der Waals surface area (Å²) in [6.45, 7) is 3.44. The van der Waals surface area contributed by atoms with E-state index in [4.69, 9.17) is 0 Å². The highest BCUT2D eigenvalue weighted by atomic mass is 35.5. The van der Waals surface area contributed by atoms with Crippen molar-refractivity contribution in [2.45, 2.75) is 19.4 Å². The van der Waals surface area contributed by atoms with Gasteiger partial charge >= 0.3 is 0 Å². The summed E-state index contributed by atoms with van der Waals surface area (Å²) in [5, 5.41) is 7.55. The molecule has 2 aromatic rings. The first-order valence-electron chi connectivity index (χ1n) is 7.72. The molecule has 1 amide bonds. The molecule has 0 bridgehead atoms. The van der Waals surface area contributed by atoms with Crippen molar-refractivity contribution < 1.29 is 4.79 Å². The van der Waals surface area contributed by atoms with Crippen LogP contribution >= 0.6 is 12.4 Å². The average molecular weight is 349 g/mol. The largest absolute Gasteiger partial charge is 0.336 e. The summed E-state index contributed by atoms with van der Waals surface area (Å²) >= 11 is 0. The van der Waals surface area contributed by atoms with E-state index in [2.05, 4.69) is 10.4 Å². The fraction of sp³-hybridized carbons (Fsp3) is 0.353. The molecular weight excluding hydrogens is 328 g/mol. The molecule has 3 rings (SSSR count). The first kappa shape index (κ1) is 18.2. The van der Waals surface area contributed by atoms with Crippen molar-refractivity contribution in [2.75, 3.05) is 20.1 Å². The lowest BCUT2D eigenvalue weighted by atomic mass is 10.2. The molecule has 0 aliphatic carbocycles. The molecule has 1 saturated heterocycles. The van der Waals surface area contributed by atoms with Crippen LogP contribution in [-0.4, -0.2) is 46.8 Å². The Bertz CT molecular complexity index is 770. The molecule has 7 heteroatoms. The van der Waals surface area contributed by atoms with Crippen molar-refractivity contribution in [3.05, 3.63) is 58.0 Å². The molecule has 1 unspecified atom stereocenters. The molecule has 1 N–H and O–H groups in total. The maximum Gasteiger partial charge on any atom is 0.278 e. The van der Waals surface area contributed by atoms with Crippen LogP contribution < -0.4 is 10.7 Å². The highest BCUT2D eigenvalue weighted by Crippen LogP contribution is 2.11. The molecule has 0 saturated carbocycles.